The molecule has 1 N–H and O–H groups in total. The Balaban J connectivity index is 1.61. The van der Waals surface area contributed by atoms with Gasteiger partial charge in [0, 0.05) is 11.3 Å². The van der Waals surface area contributed by atoms with E-state index in [9.17, 15) is 9.18 Å². The summed E-state index contributed by atoms with van der Waals surface area (Å²) in [6, 6.07) is 9.26. The van der Waals surface area contributed by atoms with Gasteiger partial charge in [0.05, 0.1) is 16.7 Å². The molecule has 0 saturated carbocycles. The van der Waals surface area contributed by atoms with Crippen LogP contribution in [-0.2, 0) is 5.75 Å². The first kappa shape index (κ1) is 21.8. The number of benzene rings is 2. The standard InChI is InChI=1S/C19H16Cl2FN3O2S2/c1-2-7-27-16-14(20)8-12(9-15(16)21)17(26)23-18-24-25-19(29-18)28-10-11-3-5-13(22)6-4-11/h3-6,8-9H,2,7,10H2,1H3,(H,23,24,26). The quantitative estimate of drug-likeness (QED) is 0.307. The molecule has 0 aliphatic rings. The predicted octanol–water partition coefficient (Wildman–Crippen LogP) is 6.32. The molecule has 0 bridgehead atoms. The van der Waals surface area contributed by atoms with Crippen LogP contribution in [-0.4, -0.2) is 22.7 Å². The second kappa shape index (κ2) is 10.2. The van der Waals surface area contributed by atoms with Gasteiger partial charge in [-0.1, -0.05) is 65.4 Å². The van der Waals surface area contributed by atoms with Crippen molar-refractivity contribution in [2.75, 3.05) is 11.9 Å². The zero-order valence-electron chi connectivity index (χ0n) is 15.2. The average Bonchev–Trinajstić information content (AvgIpc) is 3.14. The van der Waals surface area contributed by atoms with Crippen LogP contribution in [0, 0.1) is 5.82 Å². The smallest absolute Gasteiger partial charge is 0.257 e. The van der Waals surface area contributed by atoms with Gasteiger partial charge in [-0.25, -0.2) is 4.39 Å². The highest BCUT2D eigenvalue weighted by molar-refractivity contribution is 8.00. The van der Waals surface area contributed by atoms with Gasteiger partial charge >= 0.3 is 0 Å². The van der Waals surface area contributed by atoms with Gasteiger partial charge in [-0.15, -0.1) is 10.2 Å². The summed E-state index contributed by atoms with van der Waals surface area (Å²) in [6.07, 6.45) is 0.813. The van der Waals surface area contributed by atoms with E-state index in [2.05, 4.69) is 15.5 Å². The van der Waals surface area contributed by atoms with Crippen molar-refractivity contribution in [2.24, 2.45) is 0 Å². The molecular formula is C19H16Cl2FN3O2S2. The van der Waals surface area contributed by atoms with Crippen molar-refractivity contribution in [1.29, 1.82) is 0 Å². The molecule has 5 nitrogen and oxygen atoms in total. The molecule has 0 atom stereocenters. The van der Waals surface area contributed by atoms with Crippen molar-refractivity contribution in [3.8, 4) is 5.75 Å². The zero-order valence-corrected chi connectivity index (χ0v) is 18.4. The van der Waals surface area contributed by atoms with Crippen molar-refractivity contribution in [1.82, 2.24) is 10.2 Å². The maximum Gasteiger partial charge on any atom is 0.257 e. The van der Waals surface area contributed by atoms with E-state index in [4.69, 9.17) is 27.9 Å². The number of hydrogen-bond donors (Lipinski definition) is 1. The second-order valence-corrected chi connectivity index (χ2v) is 8.87. The van der Waals surface area contributed by atoms with Crippen LogP contribution in [0.4, 0.5) is 9.52 Å². The van der Waals surface area contributed by atoms with Gasteiger partial charge in [-0.05, 0) is 36.2 Å². The summed E-state index contributed by atoms with van der Waals surface area (Å²) in [5.41, 5.74) is 1.26. The highest BCUT2D eigenvalue weighted by Gasteiger charge is 2.16. The molecule has 1 heterocycles. The highest BCUT2D eigenvalue weighted by atomic mass is 35.5. The Labute approximate surface area is 185 Å². The van der Waals surface area contributed by atoms with Gasteiger partial charge in [0.25, 0.3) is 5.91 Å². The van der Waals surface area contributed by atoms with Crippen molar-refractivity contribution in [3.63, 3.8) is 0 Å². The third-order valence-electron chi connectivity index (χ3n) is 3.61. The van der Waals surface area contributed by atoms with E-state index in [0.29, 0.717) is 33.1 Å². The van der Waals surface area contributed by atoms with E-state index in [1.54, 1.807) is 12.1 Å². The molecule has 0 spiro atoms. The van der Waals surface area contributed by atoms with Gasteiger partial charge in [-0.3, -0.25) is 10.1 Å². The van der Waals surface area contributed by atoms with Gasteiger partial charge in [-0.2, -0.15) is 0 Å². The topological polar surface area (TPSA) is 64.1 Å². The third kappa shape index (κ3) is 6.05. The minimum Gasteiger partial charge on any atom is -0.490 e. The zero-order chi connectivity index (χ0) is 20.8. The number of ether oxygens (including phenoxy) is 1. The van der Waals surface area contributed by atoms with Crippen molar-refractivity contribution < 1.29 is 13.9 Å². The lowest BCUT2D eigenvalue weighted by Crippen LogP contribution is -2.12. The van der Waals surface area contributed by atoms with Crippen molar-refractivity contribution >= 4 is 57.3 Å². The lowest BCUT2D eigenvalue weighted by atomic mass is 10.2. The summed E-state index contributed by atoms with van der Waals surface area (Å²) >= 11 is 15.1. The molecule has 3 rings (SSSR count). The Morgan fingerprint density at radius 3 is 2.55 bits per heavy atom. The molecule has 0 aliphatic carbocycles. The van der Waals surface area contributed by atoms with Gasteiger partial charge in [0.1, 0.15) is 5.82 Å². The van der Waals surface area contributed by atoms with Crippen LogP contribution in [0.3, 0.4) is 0 Å². The second-order valence-electron chi connectivity index (χ2n) is 5.86. The summed E-state index contributed by atoms with van der Waals surface area (Å²) in [4.78, 5) is 12.5. The molecule has 1 aromatic heterocycles. The lowest BCUT2D eigenvalue weighted by Gasteiger charge is -2.10. The van der Waals surface area contributed by atoms with Crippen molar-refractivity contribution in [2.45, 2.75) is 23.4 Å². The van der Waals surface area contributed by atoms with Gasteiger partial charge in [0.2, 0.25) is 5.13 Å². The minimum atomic E-state index is -0.401. The van der Waals surface area contributed by atoms with E-state index in [1.807, 2.05) is 6.92 Å². The molecular weight excluding hydrogens is 456 g/mol. The summed E-state index contributed by atoms with van der Waals surface area (Å²) in [5, 5.41) is 11.6. The monoisotopic (exact) mass is 471 g/mol. The summed E-state index contributed by atoms with van der Waals surface area (Å²) < 4.78 is 19.1. The van der Waals surface area contributed by atoms with E-state index < -0.39 is 5.91 Å². The number of thioether (sulfide) groups is 1. The van der Waals surface area contributed by atoms with Crippen LogP contribution in [0.15, 0.2) is 40.7 Å². The van der Waals surface area contributed by atoms with E-state index in [0.717, 1.165) is 12.0 Å². The van der Waals surface area contributed by atoms with Crippen LogP contribution in [0.1, 0.15) is 29.3 Å². The number of rotatable bonds is 8. The Morgan fingerprint density at radius 2 is 1.90 bits per heavy atom. The summed E-state index contributed by atoms with van der Waals surface area (Å²) in [7, 11) is 0. The molecule has 0 saturated heterocycles. The number of carbonyl (C=O) groups excluding carboxylic acids is 1. The number of nitrogens with one attached hydrogen (secondary N) is 1. The van der Waals surface area contributed by atoms with E-state index in [1.165, 1.54) is 47.4 Å². The Morgan fingerprint density at radius 1 is 1.21 bits per heavy atom. The van der Waals surface area contributed by atoms with E-state index in [-0.39, 0.29) is 15.9 Å². The Kier molecular flexibility index (Phi) is 7.71. The Hall–Kier alpha value is -1.87. The molecule has 2 aromatic carbocycles. The first-order chi connectivity index (χ1) is 14.0. The Bertz CT molecular complexity index is 976. The normalized spacial score (nSPS) is 10.8. The van der Waals surface area contributed by atoms with Crippen molar-refractivity contribution in [3.05, 3.63) is 63.4 Å². The first-order valence-corrected chi connectivity index (χ1v) is 11.2. The molecule has 10 heteroatoms. The maximum atomic E-state index is 13.0. The van der Waals surface area contributed by atoms with Crippen LogP contribution in [0.2, 0.25) is 10.0 Å². The molecule has 152 valence electrons. The number of halogens is 3. The van der Waals surface area contributed by atoms with Crippen LogP contribution >= 0.6 is 46.3 Å². The molecule has 0 fully saturated rings. The minimum absolute atomic E-state index is 0.268. The molecule has 1 amide bonds. The number of amides is 1. The lowest BCUT2D eigenvalue weighted by molar-refractivity contribution is 0.102. The fourth-order valence-electron chi connectivity index (χ4n) is 2.25. The van der Waals surface area contributed by atoms with Crippen LogP contribution in [0.5, 0.6) is 5.75 Å². The number of anilines is 1. The largest absolute Gasteiger partial charge is 0.490 e. The van der Waals surface area contributed by atoms with Gasteiger partial charge < -0.3 is 4.74 Å². The molecule has 3 aromatic rings. The molecule has 0 unspecified atom stereocenters. The third-order valence-corrected chi connectivity index (χ3v) is 6.22. The first-order valence-electron chi connectivity index (χ1n) is 8.60. The average molecular weight is 472 g/mol. The number of nitrogens with zero attached hydrogens (tertiary/aromatic N) is 2. The molecule has 0 radical (unpaired) electrons. The fraction of sp³-hybridized carbons (Fsp3) is 0.211. The summed E-state index contributed by atoms with van der Waals surface area (Å²) in [6.45, 7) is 2.45. The predicted molar refractivity (Wildman–Crippen MR) is 116 cm³/mol. The molecule has 29 heavy (non-hydrogen) atoms. The molecule has 0 aliphatic heterocycles. The summed E-state index contributed by atoms with van der Waals surface area (Å²) in [5.74, 6) is 0.307. The number of hydrogen-bond acceptors (Lipinski definition) is 6. The SMILES string of the molecule is CCCOc1c(Cl)cc(C(=O)Nc2nnc(SCc3ccc(F)cc3)s2)cc1Cl. The highest BCUT2D eigenvalue weighted by Crippen LogP contribution is 2.35. The van der Waals surface area contributed by atoms with Crippen LogP contribution in [0.25, 0.3) is 0 Å². The fourth-order valence-corrected chi connectivity index (χ4v) is 4.55. The van der Waals surface area contributed by atoms with E-state index >= 15 is 0 Å². The maximum absolute atomic E-state index is 13.0. The van der Waals surface area contributed by atoms with Crippen LogP contribution < -0.4 is 10.1 Å². The number of aromatic nitrogens is 2. The van der Waals surface area contributed by atoms with Gasteiger partial charge in [0.15, 0.2) is 10.1 Å². The number of carbonyl (C=O) groups is 1.